The van der Waals surface area contributed by atoms with E-state index in [1.54, 1.807) is 48.7 Å². The number of anilines is 1. The van der Waals surface area contributed by atoms with Crippen molar-refractivity contribution in [2.45, 2.75) is 6.54 Å². The summed E-state index contributed by atoms with van der Waals surface area (Å²) in [5, 5.41) is 20.2. The number of nitrogens with one attached hydrogen (secondary N) is 2. The number of nitro groups is 1. The molecule has 0 fully saturated rings. The Morgan fingerprint density at radius 2 is 1.79 bits per heavy atom. The van der Waals surface area contributed by atoms with Crippen LogP contribution in [0.25, 0.3) is 5.69 Å². The van der Waals surface area contributed by atoms with Crippen molar-refractivity contribution in [3.63, 3.8) is 0 Å². The predicted octanol–water partition coefficient (Wildman–Crippen LogP) is 2.89. The molecule has 0 aliphatic heterocycles. The summed E-state index contributed by atoms with van der Waals surface area (Å²) in [5.74, 6) is -0.359. The Morgan fingerprint density at radius 1 is 1.10 bits per heavy atom. The van der Waals surface area contributed by atoms with Gasteiger partial charge in [-0.3, -0.25) is 20.2 Å². The lowest BCUT2D eigenvalue weighted by atomic mass is 10.2. The number of hydrogen-bond acceptors (Lipinski definition) is 6. The van der Waals surface area contributed by atoms with Crippen LogP contribution in [0.5, 0.6) is 0 Å². The van der Waals surface area contributed by atoms with Gasteiger partial charge in [0.2, 0.25) is 0 Å². The van der Waals surface area contributed by atoms with Crippen LogP contribution < -0.4 is 10.6 Å². The summed E-state index contributed by atoms with van der Waals surface area (Å²) < 4.78 is 5.98. The highest BCUT2D eigenvalue weighted by Crippen LogP contribution is 2.15. The topological polar surface area (TPSA) is 128 Å². The van der Waals surface area contributed by atoms with E-state index in [0.29, 0.717) is 11.4 Å². The Morgan fingerprint density at radius 3 is 2.41 bits per heavy atom. The first-order valence-electron chi connectivity index (χ1n) is 8.49. The van der Waals surface area contributed by atoms with E-state index in [0.717, 1.165) is 5.56 Å². The predicted molar refractivity (Wildman–Crippen MR) is 104 cm³/mol. The number of nitro benzene ring substituents is 1. The fourth-order valence-electron chi connectivity index (χ4n) is 2.46. The molecular weight excluding hydrogens is 378 g/mol. The number of non-ortho nitro benzene ring substituents is 1. The number of ether oxygens (including phenoxy) is 1. The molecule has 2 aromatic carbocycles. The molecule has 10 nitrogen and oxygen atoms in total. The van der Waals surface area contributed by atoms with Crippen LogP contribution in [-0.4, -0.2) is 33.8 Å². The quantitative estimate of drug-likeness (QED) is 0.488. The van der Waals surface area contributed by atoms with Gasteiger partial charge < -0.3 is 10.1 Å². The molecule has 148 valence electrons. The maximum Gasteiger partial charge on any atom is 0.411 e. The van der Waals surface area contributed by atoms with E-state index in [4.69, 9.17) is 0 Å². The van der Waals surface area contributed by atoms with E-state index in [9.17, 15) is 19.7 Å². The van der Waals surface area contributed by atoms with Crippen molar-refractivity contribution in [1.29, 1.82) is 0 Å². The largest absolute Gasteiger partial charge is 0.453 e. The summed E-state index contributed by atoms with van der Waals surface area (Å²) in [6, 6.07) is 14.3. The molecule has 0 aliphatic carbocycles. The van der Waals surface area contributed by atoms with Crippen LogP contribution in [0.15, 0.2) is 60.8 Å². The van der Waals surface area contributed by atoms with E-state index in [2.05, 4.69) is 20.5 Å². The SMILES string of the molecule is COC(=O)Nc1ccc(CNC(=O)c2ccn(-c3ccc([N+](=O)[O-])cc3)n2)cc1. The number of nitrogens with zero attached hydrogens (tertiary/aromatic N) is 3. The van der Waals surface area contributed by atoms with Crippen LogP contribution in [0.3, 0.4) is 0 Å². The van der Waals surface area contributed by atoms with Crippen molar-refractivity contribution < 1.29 is 19.2 Å². The van der Waals surface area contributed by atoms with Gasteiger partial charge in [0.1, 0.15) is 0 Å². The number of rotatable bonds is 6. The number of methoxy groups -OCH3 is 1. The monoisotopic (exact) mass is 395 g/mol. The van der Waals surface area contributed by atoms with Crippen molar-refractivity contribution in [2.24, 2.45) is 0 Å². The zero-order valence-electron chi connectivity index (χ0n) is 15.4. The van der Waals surface area contributed by atoms with Crippen molar-refractivity contribution >= 4 is 23.4 Å². The van der Waals surface area contributed by atoms with Gasteiger partial charge in [-0.05, 0) is 35.9 Å². The summed E-state index contributed by atoms with van der Waals surface area (Å²) >= 11 is 0. The lowest BCUT2D eigenvalue weighted by Gasteiger charge is -2.06. The maximum atomic E-state index is 12.3. The molecule has 1 aromatic heterocycles. The Hall–Kier alpha value is -4.21. The fraction of sp³-hybridized carbons (Fsp3) is 0.105. The minimum absolute atomic E-state index is 0.0216. The first-order chi connectivity index (χ1) is 14.0. The number of amides is 2. The highest BCUT2D eigenvalue weighted by molar-refractivity contribution is 5.92. The second-order valence-corrected chi connectivity index (χ2v) is 5.92. The smallest absolute Gasteiger partial charge is 0.411 e. The van der Waals surface area contributed by atoms with Crippen LogP contribution in [0.4, 0.5) is 16.2 Å². The Bertz CT molecular complexity index is 1030. The van der Waals surface area contributed by atoms with E-state index in [1.165, 1.54) is 23.9 Å². The Kier molecular flexibility index (Phi) is 5.83. The number of aromatic nitrogens is 2. The molecular formula is C19H17N5O5. The summed E-state index contributed by atoms with van der Waals surface area (Å²) in [7, 11) is 1.28. The third-order valence-corrected chi connectivity index (χ3v) is 3.99. The van der Waals surface area contributed by atoms with Gasteiger partial charge in [-0.2, -0.15) is 5.10 Å². The lowest BCUT2D eigenvalue weighted by molar-refractivity contribution is -0.384. The Balaban J connectivity index is 1.59. The number of carbonyl (C=O) groups excluding carboxylic acids is 2. The molecule has 3 rings (SSSR count). The summed E-state index contributed by atoms with van der Waals surface area (Å²) in [4.78, 5) is 33.7. The van der Waals surface area contributed by atoms with Crippen molar-refractivity contribution in [1.82, 2.24) is 15.1 Å². The van der Waals surface area contributed by atoms with Gasteiger partial charge >= 0.3 is 6.09 Å². The van der Waals surface area contributed by atoms with Crippen LogP contribution in [0, 0.1) is 10.1 Å². The van der Waals surface area contributed by atoms with Crippen LogP contribution in [-0.2, 0) is 11.3 Å². The van der Waals surface area contributed by atoms with Gasteiger partial charge in [-0.15, -0.1) is 0 Å². The maximum absolute atomic E-state index is 12.3. The molecule has 0 saturated heterocycles. The zero-order valence-corrected chi connectivity index (χ0v) is 15.4. The molecule has 10 heteroatoms. The second-order valence-electron chi connectivity index (χ2n) is 5.92. The number of hydrogen-bond donors (Lipinski definition) is 2. The molecule has 0 aliphatic rings. The molecule has 0 unspecified atom stereocenters. The third kappa shape index (κ3) is 4.95. The standard InChI is InChI=1S/C19H17N5O5/c1-29-19(26)21-14-4-2-13(3-5-14)12-20-18(25)17-10-11-23(22-17)15-6-8-16(9-7-15)24(27)28/h2-11H,12H2,1H3,(H,20,25)(H,21,26). The highest BCUT2D eigenvalue weighted by Gasteiger charge is 2.11. The minimum atomic E-state index is -0.560. The summed E-state index contributed by atoms with van der Waals surface area (Å²) in [6.45, 7) is 0.279. The molecule has 2 amide bonds. The van der Waals surface area contributed by atoms with Gasteiger partial charge in [-0.1, -0.05) is 12.1 Å². The van der Waals surface area contributed by atoms with E-state index in [-0.39, 0.29) is 23.8 Å². The van der Waals surface area contributed by atoms with Gasteiger partial charge in [0.05, 0.1) is 17.7 Å². The average molecular weight is 395 g/mol. The normalized spacial score (nSPS) is 10.2. The first-order valence-corrected chi connectivity index (χ1v) is 8.49. The number of carbonyl (C=O) groups is 2. The minimum Gasteiger partial charge on any atom is -0.453 e. The molecule has 29 heavy (non-hydrogen) atoms. The molecule has 0 spiro atoms. The van der Waals surface area contributed by atoms with Crippen molar-refractivity contribution in [3.8, 4) is 5.69 Å². The van der Waals surface area contributed by atoms with E-state index in [1.807, 2.05) is 0 Å². The van der Waals surface area contributed by atoms with Crippen LogP contribution in [0.2, 0.25) is 0 Å². The number of benzene rings is 2. The van der Waals surface area contributed by atoms with E-state index >= 15 is 0 Å². The second kappa shape index (κ2) is 8.65. The average Bonchev–Trinajstić information content (AvgIpc) is 3.23. The van der Waals surface area contributed by atoms with E-state index < -0.39 is 11.0 Å². The van der Waals surface area contributed by atoms with Gasteiger partial charge in [0.25, 0.3) is 11.6 Å². The summed E-state index contributed by atoms with van der Waals surface area (Å²) in [5.41, 5.74) is 2.21. The molecule has 0 atom stereocenters. The molecule has 3 aromatic rings. The van der Waals surface area contributed by atoms with Gasteiger partial charge in [0.15, 0.2) is 5.69 Å². The highest BCUT2D eigenvalue weighted by atomic mass is 16.6. The molecule has 1 heterocycles. The molecule has 0 bridgehead atoms. The van der Waals surface area contributed by atoms with Gasteiger partial charge in [0, 0.05) is 30.6 Å². The Labute approximate surface area is 165 Å². The molecule has 2 N–H and O–H groups in total. The first kappa shape index (κ1) is 19.5. The summed E-state index contributed by atoms with van der Waals surface area (Å²) in [6.07, 6.45) is 1.04. The van der Waals surface area contributed by atoms with Gasteiger partial charge in [-0.25, -0.2) is 9.48 Å². The van der Waals surface area contributed by atoms with Crippen LogP contribution >= 0.6 is 0 Å². The third-order valence-electron chi connectivity index (χ3n) is 3.99. The van der Waals surface area contributed by atoms with Crippen molar-refractivity contribution in [3.05, 3.63) is 82.2 Å². The molecule has 0 radical (unpaired) electrons. The lowest BCUT2D eigenvalue weighted by Crippen LogP contribution is -2.23. The molecule has 0 saturated carbocycles. The van der Waals surface area contributed by atoms with Crippen LogP contribution in [0.1, 0.15) is 16.1 Å². The fourth-order valence-corrected chi connectivity index (χ4v) is 2.46. The zero-order chi connectivity index (χ0) is 20.8. The van der Waals surface area contributed by atoms with Crippen molar-refractivity contribution in [2.75, 3.05) is 12.4 Å².